The molecule has 0 bridgehead atoms. The molecule has 1 saturated heterocycles. The third-order valence-electron chi connectivity index (χ3n) is 4.20. The molecule has 3 rings (SSSR count). The van der Waals surface area contributed by atoms with Crippen LogP contribution in [0, 0.1) is 0 Å². The number of phosphoric acid groups is 5. The zero-order chi connectivity index (χ0) is 29.6. The molecule has 4 unspecified atom stereocenters. The van der Waals surface area contributed by atoms with E-state index in [0.717, 1.165) is 17.2 Å². The summed E-state index contributed by atoms with van der Waals surface area (Å²) in [7, 11) is -32.5. The monoisotopic (exact) mass is 703 g/mol. The minimum Gasteiger partial charge on any atom is -0.790 e. The van der Waals surface area contributed by atoms with E-state index < -0.39 is 70.3 Å². The van der Waals surface area contributed by atoms with E-state index in [-0.39, 0.29) is 130 Å². The summed E-state index contributed by atoms with van der Waals surface area (Å²) in [4.78, 5) is 77.9. The normalized spacial score (nSPS) is 24.6. The fourth-order valence-electron chi connectivity index (χ4n) is 2.88. The number of rotatable bonds is 12. The van der Waals surface area contributed by atoms with Crippen molar-refractivity contribution in [1.29, 1.82) is 0 Å². The number of nitrogens with two attached hydrogens (primary N) is 1. The molecule has 3 heterocycles. The number of hydrogen-bond donors (Lipinski definition) is 3. The average Bonchev–Trinajstić information content (AvgIpc) is 3.24. The third kappa shape index (κ3) is 16.2. The van der Waals surface area contributed by atoms with E-state index in [1.54, 1.807) is 0 Å². The first-order valence-electron chi connectivity index (χ1n) is 9.31. The molecule has 1 aliphatic rings. The van der Waals surface area contributed by atoms with Crippen LogP contribution in [0.25, 0.3) is 11.2 Å². The van der Waals surface area contributed by atoms with Gasteiger partial charge in [0.15, 0.2) is 17.7 Å². The first-order chi connectivity index (χ1) is 17.6. The minimum absolute atomic E-state index is 0. The molecule has 1 fully saturated rings. The summed E-state index contributed by atoms with van der Waals surface area (Å²) in [5.41, 5.74) is 5.76. The first kappa shape index (κ1) is 54.3. The Morgan fingerprint density at radius 3 is 1.71 bits per heavy atom. The second kappa shape index (κ2) is 20.5. The molecule has 0 aromatic carbocycles. The number of aliphatic hydroxyl groups is 2. The van der Waals surface area contributed by atoms with Gasteiger partial charge in [0.1, 0.15) is 30.2 Å². The Labute approximate surface area is 324 Å². The van der Waals surface area contributed by atoms with Crippen LogP contribution in [0.15, 0.2) is 12.7 Å². The van der Waals surface area contributed by atoms with E-state index in [2.05, 4.69) is 36.7 Å². The fraction of sp³-hybridized carbons (Fsp3) is 0.500. The maximum absolute atomic E-state index is 11.9. The van der Waals surface area contributed by atoms with Gasteiger partial charge in [-0.15, -0.1) is 0 Å². The number of ether oxygens (including phenoxy) is 1. The van der Waals surface area contributed by atoms with Crippen molar-refractivity contribution in [3.8, 4) is 0 Å². The molecule has 0 saturated carbocycles. The Bertz CT molecular complexity index is 1490. The quantitative estimate of drug-likeness (QED) is 0.136. The van der Waals surface area contributed by atoms with Crippen LogP contribution in [0.3, 0.4) is 0 Å². The minimum atomic E-state index is -6.72. The van der Waals surface area contributed by atoms with Gasteiger partial charge in [-0.05, 0) is 0 Å². The van der Waals surface area contributed by atoms with Gasteiger partial charge in [-0.1, -0.05) is 0 Å². The Morgan fingerprint density at radius 2 is 1.22 bits per heavy atom. The van der Waals surface area contributed by atoms with Crippen LogP contribution in [0.4, 0.5) is 5.82 Å². The summed E-state index contributed by atoms with van der Waals surface area (Å²) in [6.45, 7) is -1.25. The van der Waals surface area contributed by atoms with Crippen LogP contribution >= 0.6 is 39.1 Å². The van der Waals surface area contributed by atoms with Crippen molar-refractivity contribution in [3.63, 3.8) is 0 Å². The summed E-state index contributed by atoms with van der Waals surface area (Å²) in [6, 6.07) is 0. The molecule has 35 heteroatoms. The van der Waals surface area contributed by atoms with Gasteiger partial charge in [-0.25, -0.2) is 27.9 Å². The van der Waals surface area contributed by atoms with Crippen LogP contribution < -0.4 is 148 Å². The van der Waals surface area contributed by atoms with E-state index in [1.807, 2.05) is 0 Å². The molecule has 222 valence electrons. The molecule has 8 atom stereocenters. The SMILES string of the molecule is Nc1ncnc2c1ncn2[C@@H]1O[C@H](COP(=O)([O-])OP(=O)([O-])OP(=O)([O-])OP(=O)([O-])OP(=O)([O-])[O-])[C@@H](O)[C@H]1O.[Li+].[Li+].[Li+].[Li+].[Li+].[Li+]. The standard InChI is InChI=1S/C10H18N5O19P5.6Li/c11-8-5-9(13-2-12-8)15(3-14-5)10-7(17)6(16)4(30-10)1-29-36(21,22)32-38(25,26)34-39(27,28)33-37(23,24)31-35(18,19)20;;;;;;/h2-4,6-7,10,16-17H,1H2,(H,21,22)(H,23,24)(H,25,26)(H,27,28)(H2,11,12,13)(H2,18,19,20);;;;;;/q;6*+1/p-6/t4-,6-,7-,10-;;;;;;/m1....../s1. The van der Waals surface area contributed by atoms with Gasteiger partial charge in [0.25, 0.3) is 31.3 Å². The summed E-state index contributed by atoms with van der Waals surface area (Å²) in [5.74, 6) is -0.0465. The van der Waals surface area contributed by atoms with Crippen molar-refractivity contribution < 1.29 is 202 Å². The number of phosphoric ester groups is 1. The van der Waals surface area contributed by atoms with E-state index >= 15 is 0 Å². The fourth-order valence-corrected chi connectivity index (χ4v) is 8.48. The van der Waals surface area contributed by atoms with Crippen LogP contribution in [0.1, 0.15) is 6.23 Å². The van der Waals surface area contributed by atoms with Gasteiger partial charge in [0, 0.05) is 0 Å². The molecule has 0 radical (unpaired) electrons. The maximum Gasteiger partial charge on any atom is 1.00 e. The van der Waals surface area contributed by atoms with E-state index in [4.69, 9.17) is 10.5 Å². The van der Waals surface area contributed by atoms with Crippen LogP contribution in [-0.2, 0) is 49.3 Å². The third-order valence-corrected chi connectivity index (χ3v) is 11.1. The number of anilines is 1. The van der Waals surface area contributed by atoms with Gasteiger partial charge in [0.05, 0.1) is 20.8 Å². The Hall–Kier alpha value is 2.52. The average molecular weight is 703 g/mol. The maximum atomic E-state index is 11.9. The van der Waals surface area contributed by atoms with Crippen molar-refractivity contribution in [2.24, 2.45) is 0 Å². The van der Waals surface area contributed by atoms with E-state index in [1.165, 1.54) is 0 Å². The molecule has 0 spiro atoms. The molecular weight excluding hydrogens is 691 g/mol. The van der Waals surface area contributed by atoms with E-state index in [9.17, 15) is 62.4 Å². The second-order valence-corrected chi connectivity index (χ2v) is 14.3. The number of hydrogen-bond acceptors (Lipinski definition) is 23. The number of imidazole rings is 1. The van der Waals surface area contributed by atoms with Crippen molar-refractivity contribution in [2.45, 2.75) is 24.5 Å². The molecule has 0 amide bonds. The van der Waals surface area contributed by atoms with Crippen LogP contribution in [0.5, 0.6) is 0 Å². The predicted octanol–water partition coefficient (Wildman–Crippen LogP) is -23.2. The summed E-state index contributed by atoms with van der Waals surface area (Å²) in [6.07, 6.45) is -4.66. The smallest absolute Gasteiger partial charge is 0.790 e. The van der Waals surface area contributed by atoms with Crippen molar-refractivity contribution >= 4 is 56.1 Å². The molecule has 0 aliphatic carbocycles. The zero-order valence-corrected chi connectivity index (χ0v) is 28.6. The Morgan fingerprint density at radius 1 is 0.756 bits per heavy atom. The Kier molecular flexibility index (Phi) is 24.8. The van der Waals surface area contributed by atoms with Gasteiger partial charge in [0.2, 0.25) is 0 Å². The number of fused-ring (bicyclic) bond motifs is 1. The molecule has 4 N–H and O–H groups in total. The van der Waals surface area contributed by atoms with Crippen molar-refractivity contribution in [3.05, 3.63) is 12.7 Å². The zero-order valence-electron chi connectivity index (χ0n) is 24.1. The summed E-state index contributed by atoms with van der Waals surface area (Å²) >= 11 is 0. The molecule has 45 heavy (non-hydrogen) atoms. The molecule has 2 aromatic rings. The number of nitrogens with zero attached hydrogens (tertiary/aromatic N) is 4. The van der Waals surface area contributed by atoms with Gasteiger partial charge in [-0.2, -0.15) is 0 Å². The molecule has 24 nitrogen and oxygen atoms in total. The van der Waals surface area contributed by atoms with Crippen LogP contribution in [-0.4, -0.2) is 54.7 Å². The number of aliphatic hydroxyl groups excluding tert-OH is 2. The van der Waals surface area contributed by atoms with Gasteiger partial charge < -0.3 is 59.1 Å². The molecule has 2 aromatic heterocycles. The number of nitrogen functional groups attached to an aromatic ring is 1. The van der Waals surface area contributed by atoms with E-state index in [0.29, 0.717) is 0 Å². The van der Waals surface area contributed by atoms with Crippen molar-refractivity contribution in [1.82, 2.24) is 19.5 Å². The predicted molar refractivity (Wildman–Crippen MR) is 104 cm³/mol. The molecule has 1 aliphatic heterocycles. The van der Waals surface area contributed by atoms with Gasteiger partial charge in [-0.3, -0.25) is 27.1 Å². The number of aromatic nitrogens is 4. The van der Waals surface area contributed by atoms with Crippen LogP contribution in [0.2, 0.25) is 0 Å². The molecular formula is C10H12Li6N5O19P5. The summed E-state index contributed by atoms with van der Waals surface area (Å²) in [5, 5.41) is 20.5. The Balaban J connectivity index is -0.00000140. The largest absolute Gasteiger partial charge is 1.00 e. The first-order valence-corrected chi connectivity index (χ1v) is 16.6. The second-order valence-electron chi connectivity index (χ2n) is 6.99. The van der Waals surface area contributed by atoms with Gasteiger partial charge >= 0.3 is 113 Å². The van der Waals surface area contributed by atoms with Crippen molar-refractivity contribution in [2.75, 3.05) is 12.3 Å². The summed E-state index contributed by atoms with van der Waals surface area (Å²) < 4.78 is 79.1. The topological polar surface area (TPSA) is 389 Å².